The van der Waals surface area contributed by atoms with Crippen molar-refractivity contribution in [2.45, 2.75) is 6.10 Å². The molecule has 0 radical (unpaired) electrons. The van der Waals surface area contributed by atoms with Gasteiger partial charge in [-0.3, -0.25) is 4.79 Å². The number of hydrogen-bond donors (Lipinski definition) is 1. The SMILES string of the molecule is O=C(/C=C/c1cc(Br)cs1)N1CC(O)C1. The maximum atomic E-state index is 11.5. The zero-order valence-electron chi connectivity index (χ0n) is 7.89. The van der Waals surface area contributed by atoms with Gasteiger partial charge in [-0.1, -0.05) is 0 Å². The molecule has 0 saturated carbocycles. The van der Waals surface area contributed by atoms with E-state index in [1.807, 2.05) is 11.4 Å². The van der Waals surface area contributed by atoms with E-state index in [4.69, 9.17) is 5.11 Å². The minimum Gasteiger partial charge on any atom is -0.389 e. The maximum Gasteiger partial charge on any atom is 0.246 e. The van der Waals surface area contributed by atoms with E-state index in [0.29, 0.717) is 13.1 Å². The number of carbonyl (C=O) groups excluding carboxylic acids is 1. The lowest BCUT2D eigenvalue weighted by Gasteiger charge is -2.34. The molecule has 3 nitrogen and oxygen atoms in total. The van der Waals surface area contributed by atoms with E-state index in [1.165, 1.54) is 0 Å². The molecule has 1 amide bonds. The van der Waals surface area contributed by atoms with E-state index >= 15 is 0 Å². The summed E-state index contributed by atoms with van der Waals surface area (Å²) in [6, 6.07) is 1.96. The van der Waals surface area contributed by atoms with Crippen LogP contribution in [0.1, 0.15) is 4.88 Å². The Balaban J connectivity index is 1.91. The number of rotatable bonds is 2. The number of hydrogen-bond acceptors (Lipinski definition) is 3. The summed E-state index contributed by atoms with van der Waals surface area (Å²) in [6.07, 6.45) is 3.00. The zero-order valence-corrected chi connectivity index (χ0v) is 10.3. The fourth-order valence-electron chi connectivity index (χ4n) is 1.31. The fourth-order valence-corrected chi connectivity index (χ4v) is 2.65. The Bertz CT molecular complexity index is 396. The summed E-state index contributed by atoms with van der Waals surface area (Å²) in [5.74, 6) is -0.0372. The Labute approximate surface area is 100 Å². The van der Waals surface area contributed by atoms with E-state index in [0.717, 1.165) is 9.35 Å². The molecule has 1 N–H and O–H groups in total. The molecule has 1 aromatic heterocycles. The first kappa shape index (κ1) is 10.9. The summed E-state index contributed by atoms with van der Waals surface area (Å²) in [7, 11) is 0. The lowest BCUT2D eigenvalue weighted by molar-refractivity contribution is -0.135. The third kappa shape index (κ3) is 2.68. The number of nitrogens with zero attached hydrogens (tertiary/aromatic N) is 1. The van der Waals surface area contributed by atoms with E-state index in [1.54, 1.807) is 28.4 Å². The highest BCUT2D eigenvalue weighted by atomic mass is 79.9. The molecule has 0 spiro atoms. The number of β-amino-alcohol motifs (C(OH)–C–C–N with tert-alkyl or cyclic N) is 1. The van der Waals surface area contributed by atoms with Crippen LogP contribution in [0.3, 0.4) is 0 Å². The fraction of sp³-hybridized carbons (Fsp3) is 0.300. The Morgan fingerprint density at radius 1 is 1.67 bits per heavy atom. The van der Waals surface area contributed by atoms with Gasteiger partial charge in [-0.05, 0) is 28.1 Å². The third-order valence-electron chi connectivity index (χ3n) is 2.15. The van der Waals surface area contributed by atoms with Crippen LogP contribution < -0.4 is 0 Å². The Morgan fingerprint density at radius 3 is 2.93 bits per heavy atom. The van der Waals surface area contributed by atoms with Gasteiger partial charge in [0.25, 0.3) is 0 Å². The molecule has 1 aliphatic heterocycles. The summed E-state index contributed by atoms with van der Waals surface area (Å²) in [6.45, 7) is 0.911. The Kier molecular flexibility index (Phi) is 3.23. The first-order chi connectivity index (χ1) is 7.15. The predicted octanol–water partition coefficient (Wildman–Crippen LogP) is 1.73. The molecule has 0 aliphatic carbocycles. The molecule has 1 aromatic rings. The summed E-state index contributed by atoms with van der Waals surface area (Å²) in [5.41, 5.74) is 0. The van der Waals surface area contributed by atoms with Crippen molar-refractivity contribution in [1.82, 2.24) is 4.90 Å². The number of amides is 1. The van der Waals surface area contributed by atoms with Gasteiger partial charge in [0, 0.05) is 33.9 Å². The average molecular weight is 288 g/mol. The molecule has 5 heteroatoms. The average Bonchev–Trinajstić information content (AvgIpc) is 2.56. The Hall–Kier alpha value is -0.650. The van der Waals surface area contributed by atoms with E-state index in [9.17, 15) is 4.79 Å². The monoisotopic (exact) mass is 287 g/mol. The lowest BCUT2D eigenvalue weighted by Crippen LogP contribution is -2.52. The number of halogens is 1. The number of aliphatic hydroxyl groups is 1. The van der Waals surface area contributed by atoms with Crippen LogP contribution in [0, 0.1) is 0 Å². The normalized spacial score (nSPS) is 17.1. The molecule has 0 bridgehead atoms. The van der Waals surface area contributed by atoms with Gasteiger partial charge in [0.05, 0.1) is 6.10 Å². The second-order valence-corrected chi connectivity index (χ2v) is 5.26. The summed E-state index contributed by atoms with van der Waals surface area (Å²) >= 11 is 4.92. The minimum atomic E-state index is -0.335. The van der Waals surface area contributed by atoms with Crippen molar-refractivity contribution in [3.63, 3.8) is 0 Å². The van der Waals surface area contributed by atoms with Crippen LogP contribution >= 0.6 is 27.3 Å². The summed E-state index contributed by atoms with van der Waals surface area (Å²) in [5, 5.41) is 11.0. The molecule has 15 heavy (non-hydrogen) atoms. The van der Waals surface area contributed by atoms with Gasteiger partial charge in [-0.15, -0.1) is 11.3 Å². The molecular weight excluding hydrogens is 278 g/mol. The van der Waals surface area contributed by atoms with Crippen molar-refractivity contribution < 1.29 is 9.90 Å². The molecule has 0 aromatic carbocycles. The van der Waals surface area contributed by atoms with Crippen LogP contribution in [0.25, 0.3) is 6.08 Å². The summed E-state index contributed by atoms with van der Waals surface area (Å²) in [4.78, 5) is 14.1. The second kappa shape index (κ2) is 4.47. The molecule has 1 fully saturated rings. The van der Waals surface area contributed by atoms with Crippen molar-refractivity contribution >= 4 is 39.2 Å². The molecule has 0 unspecified atom stereocenters. The molecule has 2 heterocycles. The zero-order chi connectivity index (χ0) is 10.8. The quantitative estimate of drug-likeness (QED) is 0.842. The highest BCUT2D eigenvalue weighted by molar-refractivity contribution is 9.10. The van der Waals surface area contributed by atoms with Crippen LogP contribution in [-0.2, 0) is 4.79 Å². The van der Waals surface area contributed by atoms with Gasteiger partial charge in [-0.2, -0.15) is 0 Å². The van der Waals surface area contributed by atoms with Gasteiger partial charge in [0.15, 0.2) is 0 Å². The van der Waals surface area contributed by atoms with Crippen molar-refractivity contribution in [2.24, 2.45) is 0 Å². The highest BCUT2D eigenvalue weighted by Gasteiger charge is 2.26. The largest absolute Gasteiger partial charge is 0.389 e. The smallest absolute Gasteiger partial charge is 0.246 e. The van der Waals surface area contributed by atoms with E-state index in [-0.39, 0.29) is 12.0 Å². The Morgan fingerprint density at radius 2 is 2.40 bits per heavy atom. The molecule has 2 rings (SSSR count). The van der Waals surface area contributed by atoms with Gasteiger partial charge >= 0.3 is 0 Å². The number of aliphatic hydroxyl groups excluding tert-OH is 1. The van der Waals surface area contributed by atoms with Gasteiger partial charge < -0.3 is 10.0 Å². The van der Waals surface area contributed by atoms with Crippen LogP contribution in [0.4, 0.5) is 0 Å². The van der Waals surface area contributed by atoms with Crippen molar-refractivity contribution in [2.75, 3.05) is 13.1 Å². The van der Waals surface area contributed by atoms with Crippen molar-refractivity contribution in [1.29, 1.82) is 0 Å². The molecular formula is C10H10BrNO2S. The highest BCUT2D eigenvalue weighted by Crippen LogP contribution is 2.21. The first-order valence-corrected chi connectivity index (χ1v) is 6.21. The second-order valence-electron chi connectivity index (χ2n) is 3.40. The van der Waals surface area contributed by atoms with Crippen LogP contribution in [-0.4, -0.2) is 35.1 Å². The molecule has 0 atom stereocenters. The van der Waals surface area contributed by atoms with E-state index in [2.05, 4.69) is 15.9 Å². The lowest BCUT2D eigenvalue weighted by atomic mass is 10.1. The van der Waals surface area contributed by atoms with Gasteiger partial charge in [0.2, 0.25) is 5.91 Å². The topological polar surface area (TPSA) is 40.5 Å². The van der Waals surface area contributed by atoms with Crippen LogP contribution in [0.5, 0.6) is 0 Å². The first-order valence-electron chi connectivity index (χ1n) is 4.54. The number of thiophene rings is 1. The van der Waals surface area contributed by atoms with Crippen molar-refractivity contribution in [3.8, 4) is 0 Å². The summed E-state index contributed by atoms with van der Waals surface area (Å²) < 4.78 is 1.03. The number of likely N-dealkylation sites (tertiary alicyclic amines) is 1. The van der Waals surface area contributed by atoms with Gasteiger partial charge in [-0.25, -0.2) is 0 Å². The molecule has 1 aliphatic rings. The van der Waals surface area contributed by atoms with Crippen LogP contribution in [0.2, 0.25) is 0 Å². The third-order valence-corrected chi connectivity index (χ3v) is 3.81. The van der Waals surface area contributed by atoms with Crippen molar-refractivity contribution in [3.05, 3.63) is 26.9 Å². The number of carbonyl (C=O) groups is 1. The van der Waals surface area contributed by atoms with E-state index < -0.39 is 0 Å². The molecule has 1 saturated heterocycles. The standard InChI is InChI=1S/C10H10BrNO2S/c11-7-3-9(15-6-7)1-2-10(14)12-4-8(13)5-12/h1-3,6,8,13H,4-5H2/b2-1+. The maximum absolute atomic E-state index is 11.5. The predicted molar refractivity (Wildman–Crippen MR) is 63.6 cm³/mol. The van der Waals surface area contributed by atoms with Crippen LogP contribution in [0.15, 0.2) is 22.0 Å². The minimum absolute atomic E-state index is 0.0372. The molecule has 80 valence electrons. The van der Waals surface area contributed by atoms with Gasteiger partial charge in [0.1, 0.15) is 0 Å².